The van der Waals surface area contributed by atoms with Gasteiger partial charge in [0.15, 0.2) is 11.5 Å². The lowest BCUT2D eigenvalue weighted by molar-refractivity contribution is -0.141. The van der Waals surface area contributed by atoms with E-state index in [9.17, 15) is 26.3 Å². The van der Waals surface area contributed by atoms with Crippen molar-refractivity contribution in [3.05, 3.63) is 58.7 Å². The smallest absolute Gasteiger partial charge is 0.416 e. The van der Waals surface area contributed by atoms with Crippen molar-refractivity contribution in [3.63, 3.8) is 0 Å². The molecule has 0 fully saturated rings. The monoisotopic (exact) mass is 360 g/mol. The minimum atomic E-state index is -4.65. The van der Waals surface area contributed by atoms with E-state index < -0.39 is 23.8 Å². The molecule has 1 aliphatic rings. The Labute approximate surface area is 140 Å². The first kappa shape index (κ1) is 17.6. The fourth-order valence-electron chi connectivity index (χ4n) is 2.92. The van der Waals surface area contributed by atoms with Gasteiger partial charge in [0.2, 0.25) is 0 Å². The maximum absolute atomic E-state index is 13.6. The Kier molecular flexibility index (Phi) is 4.21. The van der Waals surface area contributed by atoms with E-state index in [1.54, 1.807) is 6.07 Å². The Morgan fingerprint density at radius 2 is 1.52 bits per heavy atom. The summed E-state index contributed by atoms with van der Waals surface area (Å²) >= 11 is 0. The van der Waals surface area contributed by atoms with Crippen molar-refractivity contribution >= 4 is 0 Å². The van der Waals surface area contributed by atoms with Gasteiger partial charge in [0.05, 0.1) is 5.56 Å². The van der Waals surface area contributed by atoms with Crippen LogP contribution < -0.4 is 4.74 Å². The molecule has 0 spiro atoms. The zero-order chi connectivity index (χ0) is 18.4. The molecule has 0 aliphatic carbocycles. The van der Waals surface area contributed by atoms with E-state index in [0.717, 1.165) is 24.1 Å². The van der Waals surface area contributed by atoms with Gasteiger partial charge in [0, 0.05) is 5.56 Å². The zero-order valence-electron chi connectivity index (χ0n) is 13.1. The molecule has 3 rings (SSSR count). The first-order chi connectivity index (χ1) is 11.6. The molecule has 0 saturated heterocycles. The number of benzene rings is 2. The van der Waals surface area contributed by atoms with E-state index in [1.165, 1.54) is 6.07 Å². The van der Waals surface area contributed by atoms with Crippen LogP contribution in [0.3, 0.4) is 0 Å². The molecule has 2 aromatic carbocycles. The summed E-state index contributed by atoms with van der Waals surface area (Å²) in [6.07, 6.45) is -7.72. The van der Waals surface area contributed by atoms with E-state index in [2.05, 4.69) is 0 Å². The number of alkyl halides is 6. The molecule has 2 aromatic rings. The highest BCUT2D eigenvalue weighted by Crippen LogP contribution is 2.56. The van der Waals surface area contributed by atoms with Gasteiger partial charge in [0.25, 0.3) is 0 Å². The van der Waals surface area contributed by atoms with Crippen LogP contribution >= 0.6 is 0 Å². The molecule has 1 atom stereocenters. The van der Waals surface area contributed by atoms with E-state index >= 15 is 0 Å². The van der Waals surface area contributed by atoms with Crippen LogP contribution in [0.5, 0.6) is 11.5 Å². The van der Waals surface area contributed by atoms with Crippen molar-refractivity contribution in [2.75, 3.05) is 0 Å². The second-order valence-electron chi connectivity index (χ2n) is 5.92. The molecule has 0 saturated carbocycles. The van der Waals surface area contributed by atoms with Crippen LogP contribution in [0.1, 0.15) is 41.5 Å². The molecule has 0 N–H and O–H groups in total. The maximum atomic E-state index is 13.6. The first-order valence-electron chi connectivity index (χ1n) is 7.70. The molecule has 1 nitrogen and oxygen atoms in total. The van der Waals surface area contributed by atoms with Crippen LogP contribution in [0.25, 0.3) is 0 Å². The highest BCUT2D eigenvalue weighted by atomic mass is 19.4. The number of aryl methyl sites for hydroxylation is 1. The number of hydrogen-bond donors (Lipinski definition) is 0. The van der Waals surface area contributed by atoms with Crippen LogP contribution in [0.15, 0.2) is 36.4 Å². The molecule has 134 valence electrons. The van der Waals surface area contributed by atoms with Crippen LogP contribution in [-0.4, -0.2) is 6.18 Å². The summed E-state index contributed by atoms with van der Waals surface area (Å²) in [5.74, 6) is -1.38. The third-order valence-corrected chi connectivity index (χ3v) is 4.12. The average molecular weight is 360 g/mol. The SMILES string of the molecule is CCCc1ccc(C(c2ccc(C(F)(F)F)cc2)C(F)(F)F)c2c1O2. The fraction of sp³-hybridized carbons (Fsp3) is 0.333. The van der Waals surface area contributed by atoms with Crippen molar-refractivity contribution in [2.45, 2.75) is 38.0 Å². The number of hydrogen-bond acceptors (Lipinski definition) is 1. The summed E-state index contributed by atoms with van der Waals surface area (Å²) in [4.78, 5) is 0. The fourth-order valence-corrected chi connectivity index (χ4v) is 2.92. The molecular weight excluding hydrogens is 346 g/mol. The van der Waals surface area contributed by atoms with Crippen molar-refractivity contribution in [3.8, 4) is 11.5 Å². The molecule has 25 heavy (non-hydrogen) atoms. The highest BCUT2D eigenvalue weighted by molar-refractivity contribution is 5.66. The van der Waals surface area contributed by atoms with Crippen molar-refractivity contribution in [1.82, 2.24) is 0 Å². The molecule has 0 aromatic heterocycles. The number of ether oxygens (including phenoxy) is 1. The third-order valence-electron chi connectivity index (χ3n) is 4.12. The van der Waals surface area contributed by atoms with Gasteiger partial charge in [-0.2, -0.15) is 26.3 Å². The summed E-state index contributed by atoms with van der Waals surface area (Å²) < 4.78 is 83.9. The van der Waals surface area contributed by atoms with Gasteiger partial charge in [-0.05, 0) is 29.7 Å². The first-order valence-corrected chi connectivity index (χ1v) is 7.70. The molecule has 1 heterocycles. The van der Waals surface area contributed by atoms with Gasteiger partial charge in [-0.25, -0.2) is 0 Å². The summed E-state index contributed by atoms with van der Waals surface area (Å²) in [6, 6.07) is 6.02. The van der Waals surface area contributed by atoms with Gasteiger partial charge in [-0.15, -0.1) is 0 Å². The molecule has 1 unspecified atom stereocenters. The minimum absolute atomic E-state index is 0.0675. The highest BCUT2D eigenvalue weighted by Gasteiger charge is 2.46. The quantitative estimate of drug-likeness (QED) is 0.384. The van der Waals surface area contributed by atoms with Crippen LogP contribution in [-0.2, 0) is 12.6 Å². The molecular formula is C18H14F6O. The lowest BCUT2D eigenvalue weighted by atomic mass is 9.89. The summed E-state index contributed by atoms with van der Waals surface area (Å²) in [5.41, 5.74) is -0.458. The van der Waals surface area contributed by atoms with Crippen LogP contribution in [0.2, 0.25) is 0 Å². The largest absolute Gasteiger partial charge is 0.449 e. The lowest BCUT2D eigenvalue weighted by Gasteiger charge is -2.21. The third kappa shape index (κ3) is 3.45. The van der Waals surface area contributed by atoms with E-state index in [0.29, 0.717) is 24.3 Å². The van der Waals surface area contributed by atoms with Crippen LogP contribution in [0.4, 0.5) is 26.3 Å². The van der Waals surface area contributed by atoms with E-state index in [1.807, 2.05) is 6.92 Å². The van der Waals surface area contributed by atoms with Gasteiger partial charge >= 0.3 is 12.4 Å². The predicted octanol–water partition coefficient (Wildman–Crippen LogP) is 6.46. The maximum Gasteiger partial charge on any atom is 0.416 e. The minimum Gasteiger partial charge on any atom is -0.449 e. The zero-order valence-corrected chi connectivity index (χ0v) is 13.1. The Bertz CT molecular complexity index is 774. The molecule has 7 heteroatoms. The molecule has 1 aliphatic heterocycles. The van der Waals surface area contributed by atoms with Crippen molar-refractivity contribution in [2.24, 2.45) is 0 Å². The predicted molar refractivity (Wildman–Crippen MR) is 79.9 cm³/mol. The van der Waals surface area contributed by atoms with Crippen LogP contribution in [0, 0.1) is 0 Å². The van der Waals surface area contributed by atoms with Gasteiger partial charge in [0.1, 0.15) is 5.92 Å². The topological polar surface area (TPSA) is 12.5 Å². The Hall–Kier alpha value is -2.18. The Morgan fingerprint density at radius 3 is 2.04 bits per heavy atom. The number of halogens is 6. The van der Waals surface area contributed by atoms with E-state index in [-0.39, 0.29) is 16.9 Å². The lowest BCUT2D eigenvalue weighted by Crippen LogP contribution is -2.22. The average Bonchev–Trinajstić information content (AvgIpc) is 3.29. The standard InChI is InChI=1S/C18H14F6O/c1-2-3-11-6-9-13(16-15(11)25-16)14(18(22,23)24)10-4-7-12(8-5-10)17(19,20)21/h4-9,14H,2-3H2,1H3. The second-order valence-corrected chi connectivity index (χ2v) is 5.92. The molecule has 0 amide bonds. The van der Waals surface area contributed by atoms with Gasteiger partial charge in [-0.1, -0.05) is 37.6 Å². The second kappa shape index (κ2) is 5.97. The molecule has 0 bridgehead atoms. The number of fused-ring (bicyclic) bond motifs is 1. The van der Waals surface area contributed by atoms with Crippen molar-refractivity contribution in [1.29, 1.82) is 0 Å². The van der Waals surface area contributed by atoms with Gasteiger partial charge in [-0.3, -0.25) is 0 Å². The normalized spacial score (nSPS) is 14.7. The van der Waals surface area contributed by atoms with Gasteiger partial charge < -0.3 is 4.74 Å². The van der Waals surface area contributed by atoms with Crippen molar-refractivity contribution < 1.29 is 31.1 Å². The summed E-state index contributed by atoms with van der Waals surface area (Å²) in [7, 11) is 0. The summed E-state index contributed by atoms with van der Waals surface area (Å²) in [6.45, 7) is 1.95. The van der Waals surface area contributed by atoms with E-state index in [4.69, 9.17) is 4.74 Å². The Morgan fingerprint density at radius 1 is 0.880 bits per heavy atom. The molecule has 0 radical (unpaired) electrons. The summed E-state index contributed by atoms with van der Waals surface area (Å²) in [5, 5.41) is 0. The Balaban J connectivity index is 2.00. The number of rotatable bonds is 4.